The third kappa shape index (κ3) is 5.02. The summed E-state index contributed by atoms with van der Waals surface area (Å²) in [4.78, 5) is 2.39. The maximum Gasteiger partial charge on any atom is 0.0995 e. The number of hydrogen-bond acceptors (Lipinski definition) is 3. The van der Waals surface area contributed by atoms with Gasteiger partial charge in [0.1, 0.15) is 0 Å². The summed E-state index contributed by atoms with van der Waals surface area (Å²) in [5.41, 5.74) is 7.80. The summed E-state index contributed by atoms with van der Waals surface area (Å²) in [5, 5.41) is 9.15. The van der Waals surface area contributed by atoms with Crippen LogP contribution in [-0.2, 0) is 6.54 Å². The van der Waals surface area contributed by atoms with Crippen molar-refractivity contribution in [3.05, 3.63) is 35.4 Å². The molecule has 0 saturated heterocycles. The van der Waals surface area contributed by atoms with Gasteiger partial charge >= 0.3 is 0 Å². The zero-order valence-corrected chi connectivity index (χ0v) is 12.3. The van der Waals surface area contributed by atoms with Gasteiger partial charge in [-0.15, -0.1) is 0 Å². The van der Waals surface area contributed by atoms with Crippen LogP contribution in [0.4, 0.5) is 0 Å². The van der Waals surface area contributed by atoms with Crippen LogP contribution in [0.5, 0.6) is 0 Å². The number of hydrogen-bond donors (Lipinski definition) is 1. The Morgan fingerprint density at radius 1 is 1.32 bits per heavy atom. The molecule has 0 aromatic heterocycles. The lowest BCUT2D eigenvalue weighted by Crippen LogP contribution is -2.38. The van der Waals surface area contributed by atoms with Gasteiger partial charge in [0, 0.05) is 13.1 Å². The van der Waals surface area contributed by atoms with E-state index in [9.17, 15) is 0 Å². The standard InChI is InChI=1S/C16H25N3/c1-4-9-19(13-16(2,3)12-18)11-15-8-6-5-7-14(15)10-17/h5-8H,4,9,11-13,18H2,1-3H3. The van der Waals surface area contributed by atoms with Gasteiger partial charge in [0.2, 0.25) is 0 Å². The van der Waals surface area contributed by atoms with Crippen molar-refractivity contribution >= 4 is 0 Å². The normalized spacial score (nSPS) is 11.6. The van der Waals surface area contributed by atoms with Gasteiger partial charge in [0.05, 0.1) is 11.6 Å². The van der Waals surface area contributed by atoms with E-state index in [1.54, 1.807) is 0 Å². The molecule has 0 saturated carbocycles. The lowest BCUT2D eigenvalue weighted by atomic mass is 9.92. The van der Waals surface area contributed by atoms with Crippen LogP contribution >= 0.6 is 0 Å². The summed E-state index contributed by atoms with van der Waals surface area (Å²) < 4.78 is 0. The van der Waals surface area contributed by atoms with E-state index in [0.29, 0.717) is 6.54 Å². The molecule has 0 amide bonds. The third-order valence-electron chi connectivity index (χ3n) is 3.28. The van der Waals surface area contributed by atoms with Gasteiger partial charge in [-0.05, 0) is 36.6 Å². The molecule has 3 nitrogen and oxygen atoms in total. The third-order valence-corrected chi connectivity index (χ3v) is 3.28. The summed E-state index contributed by atoms with van der Waals surface area (Å²) in [6.07, 6.45) is 1.11. The quantitative estimate of drug-likeness (QED) is 0.819. The number of nitrogens with zero attached hydrogens (tertiary/aromatic N) is 2. The zero-order chi connectivity index (χ0) is 14.3. The molecule has 1 aromatic rings. The Kier molecular flexibility index (Phi) is 6.01. The molecule has 1 aromatic carbocycles. The van der Waals surface area contributed by atoms with Crippen molar-refractivity contribution in [2.75, 3.05) is 19.6 Å². The van der Waals surface area contributed by atoms with Gasteiger partial charge in [-0.3, -0.25) is 4.90 Å². The minimum atomic E-state index is 0.108. The van der Waals surface area contributed by atoms with E-state index in [2.05, 4.69) is 31.7 Å². The molecule has 0 radical (unpaired) electrons. The van der Waals surface area contributed by atoms with Gasteiger partial charge < -0.3 is 5.73 Å². The summed E-state index contributed by atoms with van der Waals surface area (Å²) in [6, 6.07) is 10.1. The van der Waals surface area contributed by atoms with E-state index in [-0.39, 0.29) is 5.41 Å². The minimum absolute atomic E-state index is 0.108. The minimum Gasteiger partial charge on any atom is -0.330 e. The highest BCUT2D eigenvalue weighted by atomic mass is 15.1. The number of nitrogens with two attached hydrogens (primary N) is 1. The monoisotopic (exact) mass is 259 g/mol. The van der Waals surface area contributed by atoms with Crippen molar-refractivity contribution < 1.29 is 0 Å². The highest BCUT2D eigenvalue weighted by Gasteiger charge is 2.20. The molecule has 0 aliphatic carbocycles. The molecular weight excluding hydrogens is 234 g/mol. The van der Waals surface area contributed by atoms with E-state index >= 15 is 0 Å². The Morgan fingerprint density at radius 2 is 2.00 bits per heavy atom. The van der Waals surface area contributed by atoms with Gasteiger partial charge in [-0.25, -0.2) is 0 Å². The van der Waals surface area contributed by atoms with Gasteiger partial charge in [0.25, 0.3) is 0 Å². The average molecular weight is 259 g/mol. The summed E-state index contributed by atoms with van der Waals surface area (Å²) >= 11 is 0. The van der Waals surface area contributed by atoms with E-state index in [0.717, 1.165) is 37.2 Å². The summed E-state index contributed by atoms with van der Waals surface area (Å²) in [7, 11) is 0. The smallest absolute Gasteiger partial charge is 0.0995 e. The lowest BCUT2D eigenvalue weighted by Gasteiger charge is -2.31. The second kappa shape index (κ2) is 7.28. The molecule has 0 unspecified atom stereocenters. The van der Waals surface area contributed by atoms with Crippen LogP contribution < -0.4 is 5.73 Å². The summed E-state index contributed by atoms with van der Waals surface area (Å²) in [6.45, 7) is 10.0. The molecule has 0 spiro atoms. The first kappa shape index (κ1) is 15.7. The van der Waals surface area contributed by atoms with Crippen LogP contribution in [0.3, 0.4) is 0 Å². The van der Waals surface area contributed by atoms with E-state index in [1.807, 2.05) is 24.3 Å². The molecule has 0 aliphatic rings. The van der Waals surface area contributed by atoms with Crippen LogP contribution in [0.25, 0.3) is 0 Å². The molecule has 1 rings (SSSR count). The fraction of sp³-hybridized carbons (Fsp3) is 0.562. The molecule has 104 valence electrons. The number of benzene rings is 1. The van der Waals surface area contributed by atoms with Gasteiger partial charge in [-0.2, -0.15) is 5.26 Å². The molecule has 3 heteroatoms. The molecule has 0 bridgehead atoms. The zero-order valence-electron chi connectivity index (χ0n) is 12.3. The van der Waals surface area contributed by atoms with Crippen molar-refractivity contribution in [3.63, 3.8) is 0 Å². The topological polar surface area (TPSA) is 53.0 Å². The van der Waals surface area contributed by atoms with Crippen molar-refractivity contribution in [2.24, 2.45) is 11.1 Å². The molecule has 2 N–H and O–H groups in total. The number of nitriles is 1. The Bertz CT molecular complexity index is 432. The van der Waals surface area contributed by atoms with Crippen molar-refractivity contribution in [3.8, 4) is 6.07 Å². The fourth-order valence-electron chi connectivity index (χ4n) is 2.21. The van der Waals surface area contributed by atoms with Crippen molar-refractivity contribution in [2.45, 2.75) is 33.7 Å². The Balaban J connectivity index is 2.81. The molecule has 0 atom stereocenters. The van der Waals surface area contributed by atoms with E-state index in [1.165, 1.54) is 0 Å². The Morgan fingerprint density at radius 3 is 2.58 bits per heavy atom. The molecule has 0 aliphatic heterocycles. The SMILES string of the molecule is CCCN(Cc1ccccc1C#N)CC(C)(C)CN. The molecule has 0 fully saturated rings. The van der Waals surface area contributed by atoms with E-state index in [4.69, 9.17) is 11.0 Å². The lowest BCUT2D eigenvalue weighted by molar-refractivity contribution is 0.176. The van der Waals surface area contributed by atoms with Crippen molar-refractivity contribution in [1.82, 2.24) is 4.90 Å². The first-order valence-corrected chi connectivity index (χ1v) is 6.93. The van der Waals surface area contributed by atoms with Crippen LogP contribution in [0.1, 0.15) is 38.3 Å². The van der Waals surface area contributed by atoms with Crippen LogP contribution in [-0.4, -0.2) is 24.5 Å². The Labute approximate surface area is 117 Å². The maximum absolute atomic E-state index is 9.15. The second-order valence-electron chi connectivity index (χ2n) is 5.85. The fourth-order valence-corrected chi connectivity index (χ4v) is 2.21. The number of rotatable bonds is 7. The highest BCUT2D eigenvalue weighted by Crippen LogP contribution is 2.18. The molecule has 19 heavy (non-hydrogen) atoms. The summed E-state index contributed by atoms with van der Waals surface area (Å²) in [5.74, 6) is 0. The maximum atomic E-state index is 9.15. The molecule has 0 heterocycles. The van der Waals surface area contributed by atoms with Gasteiger partial charge in [-0.1, -0.05) is 39.0 Å². The van der Waals surface area contributed by atoms with E-state index < -0.39 is 0 Å². The second-order valence-corrected chi connectivity index (χ2v) is 5.85. The van der Waals surface area contributed by atoms with Crippen molar-refractivity contribution in [1.29, 1.82) is 5.26 Å². The first-order valence-electron chi connectivity index (χ1n) is 6.93. The largest absolute Gasteiger partial charge is 0.330 e. The highest BCUT2D eigenvalue weighted by molar-refractivity contribution is 5.37. The predicted molar refractivity (Wildman–Crippen MR) is 79.6 cm³/mol. The molecular formula is C16H25N3. The average Bonchev–Trinajstić information content (AvgIpc) is 2.39. The predicted octanol–water partition coefficient (Wildman–Crippen LogP) is 2.76. The Hall–Kier alpha value is -1.37. The van der Waals surface area contributed by atoms with Crippen LogP contribution in [0, 0.1) is 16.7 Å². The van der Waals surface area contributed by atoms with Crippen LogP contribution in [0.15, 0.2) is 24.3 Å². The first-order chi connectivity index (χ1) is 9.02. The van der Waals surface area contributed by atoms with Crippen LogP contribution in [0.2, 0.25) is 0 Å². The van der Waals surface area contributed by atoms with Gasteiger partial charge in [0.15, 0.2) is 0 Å².